The fourth-order valence-corrected chi connectivity index (χ4v) is 1.96. The molecule has 0 fully saturated rings. The highest BCUT2D eigenvalue weighted by atomic mass is 35.5. The Hall–Kier alpha value is -2.27. The number of rotatable bonds is 5. The standard InChI is InChI=1S/C16H15ClFNO3/c1-2-21-16(20)19-13-7-8-15(14(17)9-13)22-10-11-3-5-12(18)6-4-11/h3-9H,2,10H2,1H3,(H,19,20). The van der Waals surface area contributed by atoms with Gasteiger partial charge in [0.05, 0.1) is 11.6 Å². The van der Waals surface area contributed by atoms with E-state index in [-0.39, 0.29) is 12.4 Å². The molecule has 2 rings (SSSR count). The summed E-state index contributed by atoms with van der Waals surface area (Å²) in [6.45, 7) is 2.28. The number of carbonyl (C=O) groups excluding carboxylic acids is 1. The molecule has 0 atom stereocenters. The molecule has 0 spiro atoms. The first-order valence-corrected chi connectivity index (χ1v) is 7.07. The molecule has 0 bridgehead atoms. The molecule has 0 aliphatic carbocycles. The largest absolute Gasteiger partial charge is 0.487 e. The van der Waals surface area contributed by atoms with E-state index in [1.165, 1.54) is 12.1 Å². The second-order valence-electron chi connectivity index (χ2n) is 4.41. The minimum atomic E-state index is -0.543. The number of carbonyl (C=O) groups is 1. The molecule has 0 radical (unpaired) electrons. The van der Waals surface area contributed by atoms with Gasteiger partial charge in [-0.1, -0.05) is 23.7 Å². The third kappa shape index (κ3) is 4.63. The van der Waals surface area contributed by atoms with Crippen molar-refractivity contribution in [2.45, 2.75) is 13.5 Å². The number of anilines is 1. The summed E-state index contributed by atoms with van der Waals surface area (Å²) in [5.74, 6) is 0.177. The highest BCUT2D eigenvalue weighted by Crippen LogP contribution is 2.28. The second kappa shape index (κ2) is 7.66. The lowest BCUT2D eigenvalue weighted by Crippen LogP contribution is -2.13. The van der Waals surface area contributed by atoms with E-state index in [2.05, 4.69) is 5.32 Å². The first-order chi connectivity index (χ1) is 10.6. The van der Waals surface area contributed by atoms with Crippen molar-refractivity contribution >= 4 is 23.4 Å². The Bertz CT molecular complexity index is 646. The number of halogens is 2. The van der Waals surface area contributed by atoms with Crippen LogP contribution in [0, 0.1) is 5.82 Å². The van der Waals surface area contributed by atoms with Gasteiger partial charge >= 0.3 is 6.09 Å². The van der Waals surface area contributed by atoms with Crippen molar-refractivity contribution in [1.82, 2.24) is 0 Å². The third-order valence-electron chi connectivity index (χ3n) is 2.76. The monoisotopic (exact) mass is 323 g/mol. The zero-order chi connectivity index (χ0) is 15.9. The van der Waals surface area contributed by atoms with Gasteiger partial charge in [0, 0.05) is 5.69 Å². The summed E-state index contributed by atoms with van der Waals surface area (Å²) in [6, 6.07) is 10.9. The summed E-state index contributed by atoms with van der Waals surface area (Å²) >= 11 is 6.10. The lowest BCUT2D eigenvalue weighted by Gasteiger charge is -2.10. The van der Waals surface area contributed by atoms with Gasteiger partial charge in [0.15, 0.2) is 0 Å². The van der Waals surface area contributed by atoms with Crippen molar-refractivity contribution in [3.05, 3.63) is 58.9 Å². The average molecular weight is 324 g/mol. The van der Waals surface area contributed by atoms with Crippen molar-refractivity contribution < 1.29 is 18.7 Å². The van der Waals surface area contributed by atoms with Crippen LogP contribution < -0.4 is 10.1 Å². The molecule has 0 heterocycles. The summed E-state index contributed by atoms with van der Waals surface area (Å²) < 4.78 is 23.2. The van der Waals surface area contributed by atoms with E-state index in [0.29, 0.717) is 23.1 Å². The number of nitrogens with one attached hydrogen (secondary N) is 1. The smallest absolute Gasteiger partial charge is 0.411 e. The number of ether oxygens (including phenoxy) is 2. The van der Waals surface area contributed by atoms with Crippen LogP contribution in [0.4, 0.5) is 14.9 Å². The first kappa shape index (κ1) is 16.1. The first-order valence-electron chi connectivity index (χ1n) is 6.69. The molecule has 116 valence electrons. The van der Waals surface area contributed by atoms with E-state index in [4.69, 9.17) is 21.1 Å². The zero-order valence-electron chi connectivity index (χ0n) is 11.9. The molecular weight excluding hydrogens is 309 g/mol. The van der Waals surface area contributed by atoms with E-state index < -0.39 is 6.09 Å². The molecule has 0 aliphatic rings. The van der Waals surface area contributed by atoms with E-state index >= 15 is 0 Å². The molecule has 0 unspecified atom stereocenters. The maximum absolute atomic E-state index is 12.8. The van der Waals surface area contributed by atoms with Crippen LogP contribution in [0.3, 0.4) is 0 Å². The Morgan fingerprint density at radius 3 is 2.59 bits per heavy atom. The number of hydrogen-bond donors (Lipinski definition) is 1. The zero-order valence-corrected chi connectivity index (χ0v) is 12.7. The Balaban J connectivity index is 1.97. The fraction of sp³-hybridized carbons (Fsp3) is 0.188. The van der Waals surface area contributed by atoms with Gasteiger partial charge in [0.2, 0.25) is 0 Å². The molecule has 1 amide bonds. The quantitative estimate of drug-likeness (QED) is 0.873. The van der Waals surface area contributed by atoms with Crippen molar-refractivity contribution in [1.29, 1.82) is 0 Å². The van der Waals surface area contributed by atoms with E-state index in [1.807, 2.05) is 0 Å². The third-order valence-corrected chi connectivity index (χ3v) is 3.06. The number of hydrogen-bond acceptors (Lipinski definition) is 3. The Kier molecular flexibility index (Phi) is 5.61. The Morgan fingerprint density at radius 1 is 1.23 bits per heavy atom. The average Bonchev–Trinajstić information content (AvgIpc) is 2.48. The van der Waals surface area contributed by atoms with E-state index in [9.17, 15) is 9.18 Å². The molecule has 2 aromatic rings. The number of amides is 1. The van der Waals surface area contributed by atoms with Crippen LogP contribution in [0.2, 0.25) is 5.02 Å². The normalized spacial score (nSPS) is 10.1. The molecule has 6 heteroatoms. The Labute approximate surface area is 132 Å². The van der Waals surface area contributed by atoms with Crippen LogP contribution in [0.15, 0.2) is 42.5 Å². The van der Waals surface area contributed by atoms with Crippen LogP contribution in [0.5, 0.6) is 5.75 Å². The number of benzene rings is 2. The van der Waals surface area contributed by atoms with Crippen LogP contribution in [-0.2, 0) is 11.3 Å². The summed E-state index contributed by atoms with van der Waals surface area (Å²) in [6.07, 6.45) is -0.543. The summed E-state index contributed by atoms with van der Waals surface area (Å²) in [7, 11) is 0. The van der Waals surface area contributed by atoms with Gasteiger partial charge in [-0.05, 0) is 42.8 Å². The molecule has 2 aromatic carbocycles. The molecule has 0 aliphatic heterocycles. The fourth-order valence-electron chi connectivity index (χ4n) is 1.72. The molecular formula is C16H15ClFNO3. The summed E-state index contributed by atoms with van der Waals surface area (Å²) in [4.78, 5) is 11.3. The predicted molar refractivity (Wildman–Crippen MR) is 82.8 cm³/mol. The summed E-state index contributed by atoms with van der Waals surface area (Å²) in [5, 5.41) is 2.91. The minimum absolute atomic E-state index is 0.269. The van der Waals surface area contributed by atoms with Gasteiger partial charge in [0.1, 0.15) is 18.2 Å². The molecule has 0 aromatic heterocycles. The van der Waals surface area contributed by atoms with Gasteiger partial charge < -0.3 is 9.47 Å². The second-order valence-corrected chi connectivity index (χ2v) is 4.81. The van der Waals surface area contributed by atoms with Crippen LogP contribution in [0.1, 0.15) is 12.5 Å². The maximum atomic E-state index is 12.8. The topological polar surface area (TPSA) is 47.6 Å². The van der Waals surface area contributed by atoms with Gasteiger partial charge in [-0.25, -0.2) is 9.18 Å². The maximum Gasteiger partial charge on any atom is 0.411 e. The lowest BCUT2D eigenvalue weighted by atomic mass is 10.2. The van der Waals surface area contributed by atoms with Crippen LogP contribution in [0.25, 0.3) is 0 Å². The molecule has 0 saturated heterocycles. The van der Waals surface area contributed by atoms with Gasteiger partial charge in [-0.2, -0.15) is 0 Å². The van der Waals surface area contributed by atoms with Crippen molar-refractivity contribution in [3.8, 4) is 5.75 Å². The minimum Gasteiger partial charge on any atom is -0.487 e. The van der Waals surface area contributed by atoms with E-state index in [0.717, 1.165) is 5.56 Å². The van der Waals surface area contributed by atoms with Crippen molar-refractivity contribution in [2.24, 2.45) is 0 Å². The van der Waals surface area contributed by atoms with Crippen LogP contribution in [-0.4, -0.2) is 12.7 Å². The molecule has 0 saturated carbocycles. The summed E-state index contributed by atoms with van der Waals surface area (Å²) in [5.41, 5.74) is 1.34. The van der Waals surface area contributed by atoms with Gasteiger partial charge in [-0.3, -0.25) is 5.32 Å². The van der Waals surface area contributed by atoms with Gasteiger partial charge in [-0.15, -0.1) is 0 Å². The highest BCUT2D eigenvalue weighted by Gasteiger charge is 2.07. The van der Waals surface area contributed by atoms with Crippen molar-refractivity contribution in [3.63, 3.8) is 0 Å². The van der Waals surface area contributed by atoms with Gasteiger partial charge in [0.25, 0.3) is 0 Å². The van der Waals surface area contributed by atoms with E-state index in [1.54, 1.807) is 37.3 Å². The SMILES string of the molecule is CCOC(=O)Nc1ccc(OCc2ccc(F)cc2)c(Cl)c1. The highest BCUT2D eigenvalue weighted by molar-refractivity contribution is 6.32. The molecule has 4 nitrogen and oxygen atoms in total. The van der Waals surface area contributed by atoms with Crippen molar-refractivity contribution in [2.75, 3.05) is 11.9 Å². The molecule has 1 N–H and O–H groups in total. The Morgan fingerprint density at radius 2 is 1.95 bits per heavy atom. The predicted octanol–water partition coefficient (Wildman–Crippen LogP) is 4.63. The van der Waals surface area contributed by atoms with Crippen LogP contribution >= 0.6 is 11.6 Å². The lowest BCUT2D eigenvalue weighted by molar-refractivity contribution is 0.168. The molecule has 22 heavy (non-hydrogen) atoms.